The van der Waals surface area contributed by atoms with Gasteiger partial charge in [0.2, 0.25) is 0 Å². The van der Waals surface area contributed by atoms with Crippen LogP contribution in [0.3, 0.4) is 0 Å². The molecule has 1 aliphatic heterocycles. The van der Waals surface area contributed by atoms with Crippen molar-refractivity contribution in [1.29, 1.82) is 0 Å². The van der Waals surface area contributed by atoms with E-state index in [0.717, 1.165) is 36.9 Å². The molecular weight excluding hydrogens is 314 g/mol. The summed E-state index contributed by atoms with van der Waals surface area (Å²) in [6, 6.07) is 6.24. The largest absolute Gasteiger partial charge is 0.337 e. The van der Waals surface area contributed by atoms with E-state index in [1.165, 1.54) is 18.4 Å². The Morgan fingerprint density at radius 1 is 0.920 bits per heavy atom. The van der Waals surface area contributed by atoms with Gasteiger partial charge in [-0.25, -0.2) is 4.79 Å². The van der Waals surface area contributed by atoms with E-state index in [1.807, 2.05) is 34.9 Å². The molecule has 0 spiro atoms. The molecule has 1 aromatic rings. The number of hydrogen-bond donors (Lipinski definition) is 1. The van der Waals surface area contributed by atoms with Crippen LogP contribution in [0.4, 0.5) is 4.79 Å². The molecule has 2 aliphatic rings. The lowest BCUT2D eigenvalue weighted by atomic mass is 10.1. The van der Waals surface area contributed by atoms with Crippen LogP contribution in [0, 0.1) is 13.8 Å². The van der Waals surface area contributed by atoms with Gasteiger partial charge in [-0.3, -0.25) is 4.79 Å². The van der Waals surface area contributed by atoms with Crippen LogP contribution in [-0.2, 0) is 0 Å². The van der Waals surface area contributed by atoms with Crippen molar-refractivity contribution in [3.05, 3.63) is 34.9 Å². The second-order valence-electron chi connectivity index (χ2n) is 7.36. The molecule has 1 saturated carbocycles. The zero-order valence-corrected chi connectivity index (χ0v) is 15.4. The van der Waals surface area contributed by atoms with Crippen molar-refractivity contribution < 1.29 is 9.59 Å². The minimum atomic E-state index is 0.0346. The summed E-state index contributed by atoms with van der Waals surface area (Å²) in [5.41, 5.74) is 3.08. The number of rotatable bonds is 2. The highest BCUT2D eigenvalue weighted by Gasteiger charge is 2.25. The fraction of sp³-hybridized carbons (Fsp3) is 0.600. The van der Waals surface area contributed by atoms with Gasteiger partial charge < -0.3 is 15.1 Å². The van der Waals surface area contributed by atoms with E-state index in [2.05, 4.69) is 12.2 Å². The topological polar surface area (TPSA) is 52.7 Å². The van der Waals surface area contributed by atoms with Gasteiger partial charge in [0.15, 0.2) is 0 Å². The Hall–Kier alpha value is -2.04. The Morgan fingerprint density at radius 2 is 1.60 bits per heavy atom. The van der Waals surface area contributed by atoms with Crippen molar-refractivity contribution >= 4 is 11.9 Å². The Kier molecular flexibility index (Phi) is 5.61. The van der Waals surface area contributed by atoms with E-state index >= 15 is 0 Å². The van der Waals surface area contributed by atoms with Crippen LogP contribution in [-0.4, -0.2) is 54.0 Å². The maximum Gasteiger partial charge on any atom is 0.317 e. The molecule has 5 nitrogen and oxygen atoms in total. The second-order valence-corrected chi connectivity index (χ2v) is 7.36. The van der Waals surface area contributed by atoms with E-state index in [9.17, 15) is 9.59 Å². The van der Waals surface area contributed by atoms with Gasteiger partial charge >= 0.3 is 6.03 Å². The van der Waals surface area contributed by atoms with E-state index in [0.29, 0.717) is 25.7 Å². The first-order valence-electron chi connectivity index (χ1n) is 9.46. The van der Waals surface area contributed by atoms with Gasteiger partial charge in [-0.05, 0) is 56.4 Å². The van der Waals surface area contributed by atoms with Gasteiger partial charge in [-0.2, -0.15) is 0 Å². The number of benzene rings is 1. The van der Waals surface area contributed by atoms with Crippen molar-refractivity contribution in [2.24, 2.45) is 0 Å². The third-order valence-corrected chi connectivity index (χ3v) is 5.51. The van der Waals surface area contributed by atoms with Crippen LogP contribution in [0.25, 0.3) is 0 Å². The number of carbonyl (C=O) groups is 2. The van der Waals surface area contributed by atoms with Crippen LogP contribution in [0.2, 0.25) is 0 Å². The van der Waals surface area contributed by atoms with Crippen LogP contribution < -0.4 is 5.32 Å². The fourth-order valence-corrected chi connectivity index (χ4v) is 3.72. The number of amides is 3. The molecule has 1 aliphatic carbocycles. The Morgan fingerprint density at radius 3 is 2.32 bits per heavy atom. The molecule has 1 heterocycles. The molecule has 3 rings (SSSR count). The Balaban J connectivity index is 1.57. The smallest absolute Gasteiger partial charge is 0.317 e. The van der Waals surface area contributed by atoms with Crippen molar-refractivity contribution in [3.8, 4) is 0 Å². The summed E-state index contributed by atoms with van der Waals surface area (Å²) < 4.78 is 0. The summed E-state index contributed by atoms with van der Waals surface area (Å²) >= 11 is 0. The molecule has 0 atom stereocenters. The maximum atomic E-state index is 12.8. The van der Waals surface area contributed by atoms with Gasteiger partial charge in [-0.1, -0.05) is 18.9 Å². The van der Waals surface area contributed by atoms with E-state index in [-0.39, 0.29) is 11.9 Å². The lowest BCUT2D eigenvalue weighted by Crippen LogP contribution is -2.45. The zero-order valence-electron chi connectivity index (χ0n) is 15.4. The number of hydrogen-bond acceptors (Lipinski definition) is 2. The van der Waals surface area contributed by atoms with Crippen molar-refractivity contribution in [1.82, 2.24) is 15.1 Å². The molecule has 0 unspecified atom stereocenters. The predicted octanol–water partition coefficient (Wildman–Crippen LogP) is 3.10. The highest BCUT2D eigenvalue weighted by atomic mass is 16.2. The molecule has 1 saturated heterocycles. The van der Waals surface area contributed by atoms with Crippen molar-refractivity contribution in [3.63, 3.8) is 0 Å². The van der Waals surface area contributed by atoms with Crippen molar-refractivity contribution in [2.75, 3.05) is 26.2 Å². The van der Waals surface area contributed by atoms with Gasteiger partial charge in [0.1, 0.15) is 0 Å². The number of nitrogens with one attached hydrogen (secondary N) is 1. The lowest BCUT2D eigenvalue weighted by molar-refractivity contribution is 0.0762. The molecular formula is C20H29N3O2. The lowest BCUT2D eigenvalue weighted by Gasteiger charge is -2.24. The van der Waals surface area contributed by atoms with Crippen LogP contribution in [0.15, 0.2) is 18.2 Å². The normalized spacial score (nSPS) is 19.0. The molecule has 3 amide bonds. The molecule has 5 heteroatoms. The standard InChI is InChI=1S/C20H29N3O2/c1-15-8-9-17(14-16(15)2)19(24)22-10-5-11-23(13-12-22)20(25)21-18-6-3-4-7-18/h8-9,14,18H,3-7,10-13H2,1-2H3,(H,21,25). The van der Waals surface area contributed by atoms with Crippen LogP contribution >= 0.6 is 0 Å². The first-order chi connectivity index (χ1) is 12.0. The molecule has 2 fully saturated rings. The maximum absolute atomic E-state index is 12.8. The zero-order chi connectivity index (χ0) is 17.8. The average molecular weight is 343 g/mol. The number of aryl methyl sites for hydroxylation is 2. The van der Waals surface area contributed by atoms with Gasteiger partial charge in [-0.15, -0.1) is 0 Å². The molecule has 25 heavy (non-hydrogen) atoms. The summed E-state index contributed by atoms with van der Waals surface area (Å²) in [7, 11) is 0. The first kappa shape index (κ1) is 17.8. The van der Waals surface area contributed by atoms with E-state index in [1.54, 1.807) is 0 Å². The third-order valence-electron chi connectivity index (χ3n) is 5.51. The minimum Gasteiger partial charge on any atom is -0.337 e. The molecule has 0 aromatic heterocycles. The quantitative estimate of drug-likeness (QED) is 0.897. The van der Waals surface area contributed by atoms with Gasteiger partial charge in [0.05, 0.1) is 0 Å². The fourth-order valence-electron chi connectivity index (χ4n) is 3.72. The Bertz CT molecular complexity index is 638. The summed E-state index contributed by atoms with van der Waals surface area (Å²) in [5.74, 6) is 0.0705. The van der Waals surface area contributed by atoms with Crippen molar-refractivity contribution in [2.45, 2.75) is 52.0 Å². The summed E-state index contributed by atoms with van der Waals surface area (Å²) in [6.07, 6.45) is 5.44. The predicted molar refractivity (Wildman–Crippen MR) is 98.8 cm³/mol. The van der Waals surface area contributed by atoms with Crippen LogP contribution in [0.1, 0.15) is 53.6 Å². The number of carbonyl (C=O) groups excluding carboxylic acids is 2. The minimum absolute atomic E-state index is 0.0346. The Labute approximate surface area is 150 Å². The van der Waals surface area contributed by atoms with Gasteiger partial charge in [0, 0.05) is 37.8 Å². The molecule has 136 valence electrons. The van der Waals surface area contributed by atoms with E-state index < -0.39 is 0 Å². The second kappa shape index (κ2) is 7.89. The highest BCUT2D eigenvalue weighted by molar-refractivity contribution is 5.94. The number of urea groups is 1. The first-order valence-corrected chi connectivity index (χ1v) is 9.46. The molecule has 1 N–H and O–H groups in total. The monoisotopic (exact) mass is 343 g/mol. The molecule has 0 bridgehead atoms. The summed E-state index contributed by atoms with van der Waals surface area (Å²) in [4.78, 5) is 29.0. The SMILES string of the molecule is Cc1ccc(C(=O)N2CCCN(C(=O)NC3CCCC3)CC2)cc1C. The summed E-state index contributed by atoms with van der Waals surface area (Å²) in [6.45, 7) is 6.72. The highest BCUT2D eigenvalue weighted by Crippen LogP contribution is 2.18. The summed E-state index contributed by atoms with van der Waals surface area (Å²) in [5, 5.41) is 3.15. The number of nitrogens with zero attached hydrogens (tertiary/aromatic N) is 2. The average Bonchev–Trinajstić information content (AvgIpc) is 2.98. The van der Waals surface area contributed by atoms with E-state index in [4.69, 9.17) is 0 Å². The van der Waals surface area contributed by atoms with Crippen LogP contribution in [0.5, 0.6) is 0 Å². The molecule has 0 radical (unpaired) electrons. The van der Waals surface area contributed by atoms with Gasteiger partial charge in [0.25, 0.3) is 5.91 Å². The third kappa shape index (κ3) is 4.33. The molecule has 1 aromatic carbocycles.